The lowest BCUT2D eigenvalue weighted by Gasteiger charge is -2.23. The van der Waals surface area contributed by atoms with Crippen LogP contribution >= 0.6 is 0 Å². The summed E-state index contributed by atoms with van der Waals surface area (Å²) < 4.78 is 10.6. The first-order valence-electron chi connectivity index (χ1n) is 9.80. The summed E-state index contributed by atoms with van der Waals surface area (Å²) in [6, 6.07) is 23.5. The smallest absolute Gasteiger partial charge is 0.277 e. The topological polar surface area (TPSA) is 64.8 Å². The van der Waals surface area contributed by atoms with E-state index in [9.17, 15) is 10.1 Å². The van der Waals surface area contributed by atoms with Crippen LogP contribution in [0, 0.1) is 10.1 Å². The molecule has 30 heavy (non-hydrogen) atoms. The van der Waals surface area contributed by atoms with Gasteiger partial charge in [-0.2, -0.15) is 0 Å². The van der Waals surface area contributed by atoms with Gasteiger partial charge in [-0.1, -0.05) is 60.7 Å². The number of hydrogen-bond acceptors (Lipinski definition) is 5. The first-order valence-corrected chi connectivity index (χ1v) is 9.80. The zero-order valence-corrected chi connectivity index (χ0v) is 17.3. The Balaban J connectivity index is 1.88. The molecular weight excluding hydrogens is 380 g/mol. The molecule has 156 valence electrons. The number of nitro groups is 1. The minimum absolute atomic E-state index is 0.0328. The van der Waals surface area contributed by atoms with E-state index >= 15 is 0 Å². The molecule has 0 bridgehead atoms. The molecule has 6 heteroatoms. The van der Waals surface area contributed by atoms with Crippen molar-refractivity contribution in [1.29, 1.82) is 0 Å². The molecule has 0 N–H and O–H groups in total. The fraction of sp³-hybridized carbons (Fsp3) is 0.250. The molecule has 0 aliphatic carbocycles. The van der Waals surface area contributed by atoms with Crippen molar-refractivity contribution in [3.63, 3.8) is 0 Å². The third-order valence-corrected chi connectivity index (χ3v) is 4.98. The van der Waals surface area contributed by atoms with Crippen LogP contribution in [0.1, 0.15) is 16.7 Å². The molecule has 3 rings (SSSR count). The van der Waals surface area contributed by atoms with Crippen molar-refractivity contribution in [2.45, 2.75) is 19.5 Å². The lowest BCUT2D eigenvalue weighted by atomic mass is 10.1. The summed E-state index contributed by atoms with van der Waals surface area (Å²) in [7, 11) is 3.01. The maximum atomic E-state index is 11.7. The second-order valence-corrected chi connectivity index (χ2v) is 7.02. The van der Waals surface area contributed by atoms with Crippen molar-refractivity contribution >= 4 is 5.69 Å². The van der Waals surface area contributed by atoms with E-state index in [1.54, 1.807) is 6.07 Å². The highest BCUT2D eigenvalue weighted by molar-refractivity contribution is 5.54. The summed E-state index contributed by atoms with van der Waals surface area (Å²) in [4.78, 5) is 13.6. The number of nitrogens with zero attached hydrogens (tertiary/aromatic N) is 2. The Labute approximate surface area is 176 Å². The second-order valence-electron chi connectivity index (χ2n) is 7.02. The first-order chi connectivity index (χ1) is 14.6. The quantitative estimate of drug-likeness (QED) is 0.355. The number of ether oxygens (including phenoxy) is 2. The Morgan fingerprint density at radius 3 is 1.97 bits per heavy atom. The molecule has 0 unspecified atom stereocenters. The van der Waals surface area contributed by atoms with Gasteiger partial charge in [0.2, 0.25) is 0 Å². The van der Waals surface area contributed by atoms with Gasteiger partial charge in [-0.05, 0) is 23.6 Å². The molecule has 0 heterocycles. The van der Waals surface area contributed by atoms with Crippen LogP contribution in [-0.4, -0.2) is 30.6 Å². The number of hydrogen-bond donors (Lipinski definition) is 0. The zero-order chi connectivity index (χ0) is 21.3. The molecule has 0 saturated heterocycles. The van der Waals surface area contributed by atoms with Gasteiger partial charge in [0.15, 0.2) is 11.5 Å². The van der Waals surface area contributed by atoms with E-state index in [2.05, 4.69) is 29.2 Å². The maximum absolute atomic E-state index is 11.7. The summed E-state index contributed by atoms with van der Waals surface area (Å²) in [6.07, 6.45) is 0.856. The second kappa shape index (κ2) is 10.4. The Morgan fingerprint density at radius 1 is 0.833 bits per heavy atom. The molecule has 0 atom stereocenters. The molecule has 0 saturated carbocycles. The van der Waals surface area contributed by atoms with Crippen LogP contribution < -0.4 is 9.47 Å². The largest absolute Gasteiger partial charge is 0.493 e. The van der Waals surface area contributed by atoms with Gasteiger partial charge < -0.3 is 9.47 Å². The lowest BCUT2D eigenvalue weighted by molar-refractivity contribution is -0.385. The summed E-state index contributed by atoms with van der Waals surface area (Å²) >= 11 is 0. The van der Waals surface area contributed by atoms with Crippen LogP contribution in [0.15, 0.2) is 72.8 Å². The van der Waals surface area contributed by atoms with Gasteiger partial charge in [-0.25, -0.2) is 0 Å². The van der Waals surface area contributed by atoms with Crippen LogP contribution in [-0.2, 0) is 19.5 Å². The van der Waals surface area contributed by atoms with E-state index in [0.29, 0.717) is 30.2 Å². The van der Waals surface area contributed by atoms with E-state index < -0.39 is 0 Å². The average molecular weight is 406 g/mol. The normalized spacial score (nSPS) is 10.8. The van der Waals surface area contributed by atoms with Gasteiger partial charge in [0, 0.05) is 25.2 Å². The van der Waals surface area contributed by atoms with Gasteiger partial charge in [-0.15, -0.1) is 0 Å². The van der Waals surface area contributed by atoms with E-state index in [-0.39, 0.29) is 10.6 Å². The molecule has 0 amide bonds. The Morgan fingerprint density at radius 2 is 1.40 bits per heavy atom. The van der Waals surface area contributed by atoms with Crippen molar-refractivity contribution < 1.29 is 14.4 Å². The maximum Gasteiger partial charge on any atom is 0.277 e. The molecule has 0 aliphatic rings. The van der Waals surface area contributed by atoms with Crippen LogP contribution in [0.2, 0.25) is 0 Å². The Kier molecular flexibility index (Phi) is 7.40. The molecule has 0 spiro atoms. The van der Waals surface area contributed by atoms with Gasteiger partial charge in [0.05, 0.1) is 25.2 Å². The first kappa shape index (κ1) is 21.3. The highest BCUT2D eigenvalue weighted by Gasteiger charge is 2.21. The SMILES string of the molecule is COc1cc(CN(CCc2ccccc2)Cc2ccccc2)c([N+](=O)[O-])cc1OC. The van der Waals surface area contributed by atoms with Gasteiger partial charge in [-0.3, -0.25) is 15.0 Å². The number of nitro benzene ring substituents is 1. The van der Waals surface area contributed by atoms with Crippen molar-refractivity contribution in [1.82, 2.24) is 4.90 Å². The molecule has 0 radical (unpaired) electrons. The molecule has 6 nitrogen and oxygen atoms in total. The summed E-state index contributed by atoms with van der Waals surface area (Å²) in [6.45, 7) is 1.89. The number of rotatable bonds is 10. The van der Waals surface area contributed by atoms with Crippen LogP contribution in [0.4, 0.5) is 5.69 Å². The fourth-order valence-corrected chi connectivity index (χ4v) is 3.44. The lowest BCUT2D eigenvalue weighted by Crippen LogP contribution is -2.26. The highest BCUT2D eigenvalue weighted by atomic mass is 16.6. The summed E-state index contributed by atoms with van der Waals surface area (Å²) in [5.74, 6) is 0.840. The van der Waals surface area contributed by atoms with Crippen LogP contribution in [0.25, 0.3) is 0 Å². The Bertz CT molecular complexity index is 962. The van der Waals surface area contributed by atoms with Crippen molar-refractivity contribution in [2.75, 3.05) is 20.8 Å². The van der Waals surface area contributed by atoms with Crippen molar-refractivity contribution in [2.24, 2.45) is 0 Å². The number of benzene rings is 3. The molecule has 3 aromatic rings. The average Bonchev–Trinajstić information content (AvgIpc) is 2.78. The number of methoxy groups -OCH3 is 2. The van der Waals surface area contributed by atoms with Crippen LogP contribution in [0.3, 0.4) is 0 Å². The summed E-state index contributed by atoms with van der Waals surface area (Å²) in [5, 5.41) is 11.7. The zero-order valence-electron chi connectivity index (χ0n) is 17.3. The van der Waals surface area contributed by atoms with E-state index in [1.165, 1.54) is 25.8 Å². The van der Waals surface area contributed by atoms with E-state index in [0.717, 1.165) is 18.5 Å². The van der Waals surface area contributed by atoms with Gasteiger partial charge >= 0.3 is 0 Å². The highest BCUT2D eigenvalue weighted by Crippen LogP contribution is 2.35. The predicted octanol–water partition coefficient (Wildman–Crippen LogP) is 4.86. The van der Waals surface area contributed by atoms with E-state index in [4.69, 9.17) is 9.47 Å². The Hall–Kier alpha value is -3.38. The minimum Gasteiger partial charge on any atom is -0.493 e. The fourth-order valence-electron chi connectivity index (χ4n) is 3.44. The molecule has 3 aromatic carbocycles. The molecule has 0 aromatic heterocycles. The van der Waals surface area contributed by atoms with Crippen LogP contribution in [0.5, 0.6) is 11.5 Å². The van der Waals surface area contributed by atoms with Gasteiger partial charge in [0.1, 0.15) is 0 Å². The standard InChI is InChI=1S/C24H26N2O4/c1-29-23-15-21(22(26(27)28)16-24(23)30-2)18-25(17-20-11-7-4-8-12-20)14-13-19-9-5-3-6-10-19/h3-12,15-16H,13-14,17-18H2,1-2H3. The predicted molar refractivity (Wildman–Crippen MR) is 117 cm³/mol. The molecule has 0 aliphatic heterocycles. The summed E-state index contributed by atoms with van der Waals surface area (Å²) in [5.41, 5.74) is 3.03. The monoisotopic (exact) mass is 406 g/mol. The van der Waals surface area contributed by atoms with Crippen molar-refractivity contribution in [3.8, 4) is 11.5 Å². The van der Waals surface area contributed by atoms with E-state index in [1.807, 2.05) is 36.4 Å². The third kappa shape index (κ3) is 5.58. The van der Waals surface area contributed by atoms with Gasteiger partial charge in [0.25, 0.3) is 5.69 Å². The third-order valence-electron chi connectivity index (χ3n) is 4.98. The molecule has 0 fully saturated rings. The van der Waals surface area contributed by atoms with Crippen molar-refractivity contribution in [3.05, 3.63) is 99.6 Å². The molecular formula is C24H26N2O4. The minimum atomic E-state index is -0.366.